The minimum atomic E-state index is -0.428. The Hall–Kier alpha value is -0.360. The largest absolute Gasteiger partial charge is 0.376 e. The zero-order valence-electron chi connectivity index (χ0n) is 10.1. The molecule has 0 radical (unpaired) electrons. The van der Waals surface area contributed by atoms with E-state index in [-0.39, 0.29) is 24.4 Å². The molecular weight excluding hydrogens is 244 g/mol. The van der Waals surface area contributed by atoms with Gasteiger partial charge in [0.1, 0.15) is 0 Å². The van der Waals surface area contributed by atoms with Crippen molar-refractivity contribution in [1.29, 1.82) is 0 Å². The lowest BCUT2D eigenvalue weighted by molar-refractivity contribution is -0.148. The highest BCUT2D eigenvalue weighted by Gasteiger charge is 2.28. The highest BCUT2D eigenvalue weighted by atomic mass is 35.5. The molecule has 0 spiro atoms. The average Bonchev–Trinajstić information content (AvgIpc) is 2.33. The number of amides is 1. The third kappa shape index (κ3) is 4.10. The molecule has 6 heteroatoms. The van der Waals surface area contributed by atoms with Crippen LogP contribution < -0.4 is 10.6 Å². The molecule has 17 heavy (non-hydrogen) atoms. The van der Waals surface area contributed by atoms with Crippen molar-refractivity contribution >= 4 is 18.3 Å². The van der Waals surface area contributed by atoms with E-state index in [1.54, 1.807) is 0 Å². The first-order valence-corrected chi connectivity index (χ1v) is 5.98. The highest BCUT2D eigenvalue weighted by Crippen LogP contribution is 2.12. The Kier molecular flexibility index (Phi) is 6.19. The van der Waals surface area contributed by atoms with Crippen molar-refractivity contribution in [2.75, 3.05) is 32.9 Å². The van der Waals surface area contributed by atoms with Crippen molar-refractivity contribution in [3.63, 3.8) is 0 Å². The van der Waals surface area contributed by atoms with Crippen LogP contribution in [0.5, 0.6) is 0 Å². The fourth-order valence-corrected chi connectivity index (χ4v) is 2.10. The Bertz CT molecular complexity index is 247. The van der Waals surface area contributed by atoms with Crippen molar-refractivity contribution in [1.82, 2.24) is 10.6 Å². The lowest BCUT2D eigenvalue weighted by atomic mass is 9.94. The van der Waals surface area contributed by atoms with Gasteiger partial charge in [-0.15, -0.1) is 12.4 Å². The van der Waals surface area contributed by atoms with E-state index < -0.39 is 6.10 Å². The maximum atomic E-state index is 11.9. The van der Waals surface area contributed by atoms with Crippen LogP contribution in [0.3, 0.4) is 0 Å². The Morgan fingerprint density at radius 1 is 1.41 bits per heavy atom. The Labute approximate surface area is 108 Å². The van der Waals surface area contributed by atoms with Crippen LogP contribution in [0.2, 0.25) is 0 Å². The molecule has 100 valence electrons. The number of rotatable bonds is 2. The van der Waals surface area contributed by atoms with Gasteiger partial charge in [-0.1, -0.05) is 6.92 Å². The van der Waals surface area contributed by atoms with Gasteiger partial charge in [0.05, 0.1) is 19.8 Å². The maximum absolute atomic E-state index is 11.9. The number of nitrogens with one attached hydrogen (secondary N) is 2. The summed E-state index contributed by atoms with van der Waals surface area (Å²) in [5.74, 6) is 0.481. The molecule has 2 aliphatic heterocycles. The topological polar surface area (TPSA) is 59.6 Å². The summed E-state index contributed by atoms with van der Waals surface area (Å²) in [5, 5.41) is 6.32. The predicted octanol–water partition coefficient (Wildman–Crippen LogP) is -0.0622. The lowest BCUT2D eigenvalue weighted by Gasteiger charge is -2.32. The summed E-state index contributed by atoms with van der Waals surface area (Å²) in [6, 6.07) is 0.215. The van der Waals surface area contributed by atoms with E-state index in [2.05, 4.69) is 17.6 Å². The predicted molar refractivity (Wildman–Crippen MR) is 66.4 cm³/mol. The maximum Gasteiger partial charge on any atom is 0.251 e. The Morgan fingerprint density at radius 3 is 2.88 bits per heavy atom. The first-order valence-electron chi connectivity index (χ1n) is 5.98. The van der Waals surface area contributed by atoms with E-state index in [9.17, 15) is 4.79 Å². The first-order chi connectivity index (χ1) is 7.77. The van der Waals surface area contributed by atoms with Gasteiger partial charge in [-0.05, 0) is 18.9 Å². The van der Waals surface area contributed by atoms with Gasteiger partial charge >= 0.3 is 0 Å². The minimum absolute atomic E-state index is 0. The van der Waals surface area contributed by atoms with Crippen molar-refractivity contribution in [3.05, 3.63) is 0 Å². The summed E-state index contributed by atoms with van der Waals surface area (Å²) < 4.78 is 10.6. The number of halogens is 1. The SMILES string of the molecule is CC1CCNCC1NC(=O)C1COCCO1.Cl. The van der Waals surface area contributed by atoms with Crippen LogP contribution in [-0.2, 0) is 14.3 Å². The normalized spacial score (nSPS) is 33.6. The zero-order chi connectivity index (χ0) is 11.4. The molecule has 0 aromatic rings. The van der Waals surface area contributed by atoms with Gasteiger partial charge in [0.25, 0.3) is 5.91 Å². The van der Waals surface area contributed by atoms with E-state index >= 15 is 0 Å². The average molecular weight is 265 g/mol. The molecule has 3 atom stereocenters. The molecule has 5 nitrogen and oxygen atoms in total. The molecule has 0 aliphatic carbocycles. The number of carbonyl (C=O) groups excluding carboxylic acids is 1. The Morgan fingerprint density at radius 2 is 2.24 bits per heavy atom. The minimum Gasteiger partial charge on any atom is -0.376 e. The number of hydrogen-bond acceptors (Lipinski definition) is 4. The molecular formula is C11H21ClN2O3. The standard InChI is InChI=1S/C11H20N2O3.ClH/c1-8-2-3-12-6-9(8)13-11(14)10-7-15-4-5-16-10;/h8-10,12H,2-7H2,1H3,(H,13,14);1H. The summed E-state index contributed by atoms with van der Waals surface area (Å²) in [6.07, 6.45) is 0.676. The Balaban J connectivity index is 0.00000144. The fraction of sp³-hybridized carbons (Fsp3) is 0.909. The fourth-order valence-electron chi connectivity index (χ4n) is 2.10. The molecule has 0 aromatic heterocycles. The van der Waals surface area contributed by atoms with Crippen LogP contribution in [0, 0.1) is 5.92 Å². The quantitative estimate of drug-likeness (QED) is 0.734. The summed E-state index contributed by atoms with van der Waals surface area (Å²) in [6.45, 7) is 5.53. The lowest BCUT2D eigenvalue weighted by Crippen LogP contribution is -2.54. The van der Waals surface area contributed by atoms with E-state index in [1.807, 2.05) is 0 Å². The van der Waals surface area contributed by atoms with E-state index in [0.29, 0.717) is 25.7 Å². The van der Waals surface area contributed by atoms with Crippen LogP contribution in [0.4, 0.5) is 0 Å². The summed E-state index contributed by atoms with van der Waals surface area (Å²) in [7, 11) is 0. The van der Waals surface area contributed by atoms with Crippen LogP contribution in [0.15, 0.2) is 0 Å². The number of hydrogen-bond donors (Lipinski definition) is 2. The van der Waals surface area contributed by atoms with Crippen molar-refractivity contribution in [3.8, 4) is 0 Å². The van der Waals surface area contributed by atoms with Crippen LogP contribution in [0.25, 0.3) is 0 Å². The molecule has 0 bridgehead atoms. The van der Waals surface area contributed by atoms with Gasteiger partial charge in [-0.2, -0.15) is 0 Å². The van der Waals surface area contributed by atoms with Gasteiger partial charge in [-0.3, -0.25) is 4.79 Å². The molecule has 0 saturated carbocycles. The van der Waals surface area contributed by atoms with Crippen molar-refractivity contribution < 1.29 is 14.3 Å². The van der Waals surface area contributed by atoms with Crippen LogP contribution in [-0.4, -0.2) is 51.0 Å². The van der Waals surface area contributed by atoms with Crippen LogP contribution >= 0.6 is 12.4 Å². The zero-order valence-corrected chi connectivity index (χ0v) is 10.9. The van der Waals surface area contributed by atoms with Gasteiger partial charge < -0.3 is 20.1 Å². The molecule has 2 saturated heterocycles. The molecule has 2 heterocycles. The number of ether oxygens (including phenoxy) is 2. The number of piperidine rings is 1. The van der Waals surface area contributed by atoms with Gasteiger partial charge in [0, 0.05) is 12.6 Å². The summed E-state index contributed by atoms with van der Waals surface area (Å²) in [5.41, 5.74) is 0. The molecule has 0 aromatic carbocycles. The second-order valence-corrected chi connectivity index (χ2v) is 4.52. The van der Waals surface area contributed by atoms with E-state index in [4.69, 9.17) is 9.47 Å². The molecule has 2 fully saturated rings. The van der Waals surface area contributed by atoms with Crippen LogP contribution in [0.1, 0.15) is 13.3 Å². The second kappa shape index (κ2) is 7.16. The molecule has 3 unspecified atom stereocenters. The van der Waals surface area contributed by atoms with Crippen molar-refractivity contribution in [2.24, 2.45) is 5.92 Å². The molecule has 1 amide bonds. The number of carbonyl (C=O) groups is 1. The smallest absolute Gasteiger partial charge is 0.251 e. The van der Waals surface area contributed by atoms with Gasteiger partial charge in [-0.25, -0.2) is 0 Å². The van der Waals surface area contributed by atoms with E-state index in [0.717, 1.165) is 19.5 Å². The second-order valence-electron chi connectivity index (χ2n) is 4.52. The van der Waals surface area contributed by atoms with Crippen molar-refractivity contribution in [2.45, 2.75) is 25.5 Å². The third-order valence-corrected chi connectivity index (χ3v) is 3.26. The summed E-state index contributed by atoms with van der Waals surface area (Å²) >= 11 is 0. The monoisotopic (exact) mass is 264 g/mol. The molecule has 2 aliphatic rings. The molecule has 2 rings (SSSR count). The molecule has 2 N–H and O–H groups in total. The third-order valence-electron chi connectivity index (χ3n) is 3.26. The van der Waals surface area contributed by atoms with Gasteiger partial charge in [0.15, 0.2) is 6.10 Å². The van der Waals surface area contributed by atoms with E-state index in [1.165, 1.54) is 0 Å². The highest BCUT2D eigenvalue weighted by molar-refractivity contribution is 5.85. The van der Waals surface area contributed by atoms with Gasteiger partial charge in [0.2, 0.25) is 0 Å². The first kappa shape index (κ1) is 14.7. The summed E-state index contributed by atoms with van der Waals surface area (Å²) in [4.78, 5) is 11.9.